The molecule has 1 rings (SSSR count). The highest BCUT2D eigenvalue weighted by atomic mass is 32.2. The Morgan fingerprint density at radius 1 is 1.38 bits per heavy atom. The molecule has 0 heterocycles. The maximum Gasteiger partial charge on any atom is 0.237 e. The Balaban J connectivity index is 2.09. The van der Waals surface area contributed by atoms with Gasteiger partial charge in [-0.25, -0.2) is 0 Å². The van der Waals surface area contributed by atoms with E-state index in [1.807, 2.05) is 11.8 Å². The first-order chi connectivity index (χ1) is 7.52. The molecule has 1 aliphatic rings. The van der Waals surface area contributed by atoms with Gasteiger partial charge in [-0.05, 0) is 38.4 Å². The Morgan fingerprint density at radius 2 is 2.00 bits per heavy atom. The first kappa shape index (κ1) is 13.8. The van der Waals surface area contributed by atoms with Gasteiger partial charge in [0.25, 0.3) is 0 Å². The molecule has 0 aromatic rings. The lowest BCUT2D eigenvalue weighted by atomic mass is 9.97. The van der Waals surface area contributed by atoms with Crippen LogP contribution in [0, 0.1) is 0 Å². The summed E-state index contributed by atoms with van der Waals surface area (Å²) in [5.41, 5.74) is 10.2. The molecule has 0 spiro atoms. The van der Waals surface area contributed by atoms with Crippen molar-refractivity contribution in [2.45, 2.75) is 62.7 Å². The average molecular weight is 244 g/mol. The summed E-state index contributed by atoms with van der Waals surface area (Å²) in [5.74, 6) is 0.709. The van der Waals surface area contributed by atoms with Gasteiger partial charge < -0.3 is 11.5 Å². The van der Waals surface area contributed by atoms with E-state index in [9.17, 15) is 4.79 Å². The Morgan fingerprint density at radius 3 is 2.56 bits per heavy atom. The van der Waals surface area contributed by atoms with E-state index in [1.165, 1.54) is 32.1 Å². The maximum absolute atomic E-state index is 11.0. The molecule has 4 heteroatoms. The van der Waals surface area contributed by atoms with Gasteiger partial charge >= 0.3 is 0 Å². The van der Waals surface area contributed by atoms with Gasteiger partial charge in [-0.15, -0.1) is 0 Å². The zero-order chi connectivity index (χ0) is 12.0. The predicted octanol–water partition coefficient (Wildman–Crippen LogP) is 2.04. The van der Waals surface area contributed by atoms with Gasteiger partial charge in [0.05, 0.1) is 5.54 Å². The molecule has 16 heavy (non-hydrogen) atoms. The Hall–Kier alpha value is -0.220. The van der Waals surface area contributed by atoms with Crippen molar-refractivity contribution in [3.05, 3.63) is 0 Å². The summed E-state index contributed by atoms with van der Waals surface area (Å²) in [5, 5.41) is 0.839. The van der Waals surface area contributed by atoms with Crippen LogP contribution in [0.2, 0.25) is 0 Å². The van der Waals surface area contributed by atoms with Crippen LogP contribution in [0.15, 0.2) is 0 Å². The average Bonchev–Trinajstić information content (AvgIpc) is 2.26. The van der Waals surface area contributed by atoms with Crippen molar-refractivity contribution < 1.29 is 4.79 Å². The molecule has 94 valence electrons. The minimum absolute atomic E-state index is 0.393. The fraction of sp³-hybridized carbons (Fsp3) is 0.917. The van der Waals surface area contributed by atoms with E-state index in [2.05, 4.69) is 0 Å². The standard InChI is InChI=1S/C12H24N2OS/c1-12(14,11(13)15)8-5-9-16-10-6-3-2-4-7-10/h10H,2-9,14H2,1H3,(H2,13,15). The SMILES string of the molecule is CC(N)(CCCSC1CCCCC1)C(N)=O. The molecule has 1 aliphatic carbocycles. The van der Waals surface area contributed by atoms with E-state index < -0.39 is 11.4 Å². The number of carbonyl (C=O) groups is 1. The second-order valence-electron chi connectivity index (χ2n) is 5.02. The van der Waals surface area contributed by atoms with E-state index in [0.717, 1.165) is 17.4 Å². The molecule has 4 N–H and O–H groups in total. The molecular formula is C12H24N2OS. The summed E-state index contributed by atoms with van der Waals surface area (Å²) in [6.45, 7) is 1.72. The number of carbonyl (C=O) groups excluding carboxylic acids is 1. The molecule has 1 atom stereocenters. The fourth-order valence-electron chi connectivity index (χ4n) is 2.04. The highest BCUT2D eigenvalue weighted by Gasteiger charge is 2.24. The van der Waals surface area contributed by atoms with Crippen molar-refractivity contribution in [3.8, 4) is 0 Å². The highest BCUT2D eigenvalue weighted by molar-refractivity contribution is 7.99. The third kappa shape index (κ3) is 4.74. The van der Waals surface area contributed by atoms with Crippen molar-refractivity contribution in [2.75, 3.05) is 5.75 Å². The summed E-state index contributed by atoms with van der Waals surface area (Å²) in [7, 11) is 0. The minimum Gasteiger partial charge on any atom is -0.368 e. The zero-order valence-corrected chi connectivity index (χ0v) is 11.0. The highest BCUT2D eigenvalue weighted by Crippen LogP contribution is 2.29. The molecule has 1 fully saturated rings. The molecule has 1 unspecified atom stereocenters. The van der Waals surface area contributed by atoms with E-state index in [4.69, 9.17) is 11.5 Å². The third-order valence-corrected chi connectivity index (χ3v) is 4.78. The van der Waals surface area contributed by atoms with Crippen molar-refractivity contribution in [1.82, 2.24) is 0 Å². The Bertz CT molecular complexity index is 225. The van der Waals surface area contributed by atoms with Crippen LogP contribution in [-0.4, -0.2) is 22.4 Å². The van der Waals surface area contributed by atoms with Crippen LogP contribution in [0.25, 0.3) is 0 Å². The van der Waals surface area contributed by atoms with Crippen LogP contribution in [-0.2, 0) is 4.79 Å². The molecule has 1 saturated carbocycles. The van der Waals surface area contributed by atoms with Gasteiger partial charge in [-0.2, -0.15) is 11.8 Å². The molecule has 0 aromatic carbocycles. The van der Waals surface area contributed by atoms with E-state index in [0.29, 0.717) is 6.42 Å². The van der Waals surface area contributed by atoms with Crippen LogP contribution in [0.3, 0.4) is 0 Å². The monoisotopic (exact) mass is 244 g/mol. The van der Waals surface area contributed by atoms with Gasteiger partial charge in [0, 0.05) is 5.25 Å². The first-order valence-corrected chi connectivity index (χ1v) is 7.27. The van der Waals surface area contributed by atoms with E-state index in [-0.39, 0.29) is 0 Å². The quantitative estimate of drug-likeness (QED) is 0.702. The van der Waals surface area contributed by atoms with E-state index >= 15 is 0 Å². The van der Waals surface area contributed by atoms with Crippen LogP contribution >= 0.6 is 11.8 Å². The summed E-state index contributed by atoms with van der Waals surface area (Å²) < 4.78 is 0. The maximum atomic E-state index is 11.0. The number of rotatable bonds is 6. The zero-order valence-electron chi connectivity index (χ0n) is 10.2. The number of hydrogen-bond donors (Lipinski definition) is 2. The molecule has 0 aliphatic heterocycles. The van der Waals surface area contributed by atoms with Crippen molar-refractivity contribution in [1.29, 1.82) is 0 Å². The van der Waals surface area contributed by atoms with Crippen LogP contribution < -0.4 is 11.5 Å². The molecule has 1 amide bonds. The second kappa shape index (κ2) is 6.50. The molecule has 0 aromatic heterocycles. The number of primary amides is 1. The summed E-state index contributed by atoms with van der Waals surface area (Å²) in [4.78, 5) is 11.0. The number of hydrogen-bond acceptors (Lipinski definition) is 3. The summed E-state index contributed by atoms with van der Waals surface area (Å²) in [6.07, 6.45) is 8.57. The van der Waals surface area contributed by atoms with Crippen LogP contribution in [0.4, 0.5) is 0 Å². The van der Waals surface area contributed by atoms with Gasteiger partial charge in [-0.3, -0.25) is 4.79 Å². The van der Waals surface area contributed by atoms with Gasteiger partial charge in [0.2, 0.25) is 5.91 Å². The van der Waals surface area contributed by atoms with Gasteiger partial charge in [0.1, 0.15) is 0 Å². The molecule has 0 saturated heterocycles. The largest absolute Gasteiger partial charge is 0.368 e. The molecule has 3 nitrogen and oxygen atoms in total. The number of thioether (sulfide) groups is 1. The lowest BCUT2D eigenvalue weighted by molar-refractivity contribution is -0.122. The van der Waals surface area contributed by atoms with Crippen molar-refractivity contribution >= 4 is 17.7 Å². The fourth-order valence-corrected chi connectivity index (χ4v) is 3.36. The second-order valence-corrected chi connectivity index (χ2v) is 6.42. The minimum atomic E-state index is -0.826. The summed E-state index contributed by atoms with van der Waals surface area (Å²) >= 11 is 2.04. The van der Waals surface area contributed by atoms with Crippen LogP contribution in [0.1, 0.15) is 51.9 Å². The molecular weight excluding hydrogens is 220 g/mol. The molecule has 0 radical (unpaired) electrons. The van der Waals surface area contributed by atoms with Crippen molar-refractivity contribution in [2.24, 2.45) is 11.5 Å². The van der Waals surface area contributed by atoms with Crippen molar-refractivity contribution in [3.63, 3.8) is 0 Å². The Kier molecular flexibility index (Phi) is 5.62. The van der Waals surface area contributed by atoms with E-state index in [1.54, 1.807) is 6.92 Å². The first-order valence-electron chi connectivity index (χ1n) is 6.23. The van der Waals surface area contributed by atoms with Gasteiger partial charge in [0.15, 0.2) is 0 Å². The summed E-state index contributed by atoms with van der Waals surface area (Å²) in [6, 6.07) is 0. The lowest BCUT2D eigenvalue weighted by Gasteiger charge is -2.23. The Labute approximate surface area is 103 Å². The van der Waals surface area contributed by atoms with Crippen LogP contribution in [0.5, 0.6) is 0 Å². The third-order valence-electron chi connectivity index (χ3n) is 3.31. The van der Waals surface area contributed by atoms with Gasteiger partial charge in [-0.1, -0.05) is 19.3 Å². The lowest BCUT2D eigenvalue weighted by Crippen LogP contribution is -2.49. The number of amides is 1. The molecule has 0 bridgehead atoms. The number of nitrogens with two attached hydrogens (primary N) is 2. The predicted molar refractivity (Wildman–Crippen MR) is 70.4 cm³/mol. The normalized spacial score (nSPS) is 21.6. The topological polar surface area (TPSA) is 69.1 Å². The smallest absolute Gasteiger partial charge is 0.237 e.